The normalized spacial score (nSPS) is 16.4. The molecule has 0 fully saturated rings. The second kappa shape index (κ2) is 7.89. The third-order valence-corrected chi connectivity index (χ3v) is 8.57. The van der Waals surface area contributed by atoms with Crippen LogP contribution >= 0.6 is 31.9 Å². The van der Waals surface area contributed by atoms with Crippen molar-refractivity contribution >= 4 is 53.8 Å². The highest BCUT2D eigenvalue weighted by atomic mass is 79.9. The fourth-order valence-electron chi connectivity index (χ4n) is 5.91. The molecule has 0 amide bonds. The minimum Gasteiger partial charge on any atom is -0.455 e. The average Bonchev–Trinajstić information content (AvgIpc) is 3.39. The Morgan fingerprint density at radius 2 is 1.56 bits per heavy atom. The summed E-state index contributed by atoms with van der Waals surface area (Å²) < 4.78 is 8.40. The molecule has 7 rings (SSSR count). The van der Waals surface area contributed by atoms with Crippen molar-refractivity contribution in [2.24, 2.45) is 0 Å². The van der Waals surface area contributed by atoms with E-state index >= 15 is 0 Å². The molecule has 2 nitrogen and oxygen atoms in total. The predicted molar refractivity (Wildman–Crippen MR) is 154 cm³/mol. The largest absolute Gasteiger partial charge is 0.455 e. The lowest BCUT2D eigenvalue weighted by molar-refractivity contribution is 0.666. The van der Waals surface area contributed by atoms with E-state index in [0.29, 0.717) is 0 Å². The van der Waals surface area contributed by atoms with Gasteiger partial charge >= 0.3 is 0 Å². The maximum absolute atomic E-state index is 6.39. The third kappa shape index (κ3) is 2.92. The number of pyridine rings is 1. The maximum atomic E-state index is 6.39. The summed E-state index contributed by atoms with van der Waals surface area (Å²) in [5.74, 6) is 0. The molecular weight excluding hydrogens is 574 g/mol. The molecule has 1 atom stereocenters. The standard InChI is InChI=1S/C32H21Br2NO/c1-18-7-10-20(11-8-18)32(21-12-9-19(2)35-17-21)25-14-13-22(33)15-24(25)29-26(32)16-27(34)31-30(29)23-5-3-4-6-28(23)36-31/h3-17H,1-2H3. The van der Waals surface area contributed by atoms with Gasteiger partial charge in [-0.05, 0) is 93.5 Å². The van der Waals surface area contributed by atoms with Crippen LogP contribution in [-0.4, -0.2) is 4.98 Å². The van der Waals surface area contributed by atoms with Gasteiger partial charge in [0.1, 0.15) is 11.2 Å². The molecule has 1 aliphatic rings. The molecule has 0 radical (unpaired) electrons. The van der Waals surface area contributed by atoms with Crippen molar-refractivity contribution < 1.29 is 4.42 Å². The third-order valence-electron chi connectivity index (χ3n) is 7.49. The molecule has 36 heavy (non-hydrogen) atoms. The summed E-state index contributed by atoms with van der Waals surface area (Å²) in [6.07, 6.45) is 2.04. The predicted octanol–water partition coefficient (Wildman–Crippen LogP) is 9.49. The molecule has 4 heteroatoms. The van der Waals surface area contributed by atoms with Crippen LogP contribution in [0.25, 0.3) is 33.1 Å². The number of rotatable bonds is 2. The second-order valence-electron chi connectivity index (χ2n) is 9.58. The van der Waals surface area contributed by atoms with E-state index in [1.165, 1.54) is 33.4 Å². The Hall–Kier alpha value is -3.21. The summed E-state index contributed by atoms with van der Waals surface area (Å²) in [6.45, 7) is 4.17. The number of furan rings is 1. The highest BCUT2D eigenvalue weighted by molar-refractivity contribution is 9.11. The molecule has 0 aliphatic heterocycles. The van der Waals surface area contributed by atoms with E-state index in [4.69, 9.17) is 9.40 Å². The Labute approximate surface area is 226 Å². The zero-order valence-electron chi connectivity index (χ0n) is 19.8. The Bertz CT molecular complexity index is 1770. The lowest BCUT2D eigenvalue weighted by Gasteiger charge is -2.33. The fourth-order valence-corrected chi connectivity index (χ4v) is 6.78. The Kier molecular flexibility index (Phi) is 4.83. The summed E-state index contributed by atoms with van der Waals surface area (Å²) in [5, 5.41) is 2.26. The molecule has 4 aromatic carbocycles. The fraction of sp³-hybridized carbons (Fsp3) is 0.0938. The summed E-state index contributed by atoms with van der Waals surface area (Å²) in [4.78, 5) is 4.76. The summed E-state index contributed by atoms with van der Waals surface area (Å²) in [7, 11) is 0. The summed E-state index contributed by atoms with van der Waals surface area (Å²) in [5.41, 5.74) is 10.8. The van der Waals surface area contributed by atoms with Gasteiger partial charge in [-0.3, -0.25) is 4.98 Å². The van der Waals surface area contributed by atoms with E-state index < -0.39 is 5.41 Å². The number of aryl methyl sites for hydroxylation is 2. The van der Waals surface area contributed by atoms with Gasteiger partial charge in [0.05, 0.1) is 9.89 Å². The molecule has 2 aromatic heterocycles. The van der Waals surface area contributed by atoms with Gasteiger partial charge in [0.15, 0.2) is 0 Å². The molecule has 1 unspecified atom stereocenters. The van der Waals surface area contributed by atoms with E-state index in [-0.39, 0.29) is 0 Å². The molecule has 0 N–H and O–H groups in total. The van der Waals surface area contributed by atoms with Crippen LogP contribution < -0.4 is 0 Å². The minimum atomic E-state index is -0.519. The highest BCUT2D eigenvalue weighted by Crippen LogP contribution is 2.60. The number of benzene rings is 4. The molecule has 174 valence electrons. The van der Waals surface area contributed by atoms with Gasteiger partial charge in [-0.15, -0.1) is 0 Å². The Morgan fingerprint density at radius 1 is 0.778 bits per heavy atom. The van der Waals surface area contributed by atoms with Crippen molar-refractivity contribution in [3.63, 3.8) is 0 Å². The quantitative estimate of drug-likeness (QED) is 0.199. The van der Waals surface area contributed by atoms with Gasteiger partial charge < -0.3 is 4.42 Å². The maximum Gasteiger partial charge on any atom is 0.150 e. The molecule has 6 aromatic rings. The number of halogens is 2. The Balaban J connectivity index is 1.74. The molecule has 1 aliphatic carbocycles. The average molecular weight is 595 g/mol. The minimum absolute atomic E-state index is 0.519. The van der Waals surface area contributed by atoms with Crippen molar-refractivity contribution in [2.45, 2.75) is 19.3 Å². The van der Waals surface area contributed by atoms with Gasteiger partial charge in [0.2, 0.25) is 0 Å². The number of para-hydroxylation sites is 1. The van der Waals surface area contributed by atoms with Gasteiger partial charge in [-0.25, -0.2) is 0 Å². The van der Waals surface area contributed by atoms with E-state index in [9.17, 15) is 0 Å². The molecular formula is C32H21Br2NO. The highest BCUT2D eigenvalue weighted by Gasteiger charge is 2.48. The number of hydrogen-bond acceptors (Lipinski definition) is 2. The van der Waals surface area contributed by atoms with Crippen LogP contribution in [-0.2, 0) is 5.41 Å². The first kappa shape index (κ1) is 22.0. The lowest BCUT2D eigenvalue weighted by Crippen LogP contribution is -2.29. The van der Waals surface area contributed by atoms with Gasteiger partial charge in [0.25, 0.3) is 0 Å². The summed E-state index contributed by atoms with van der Waals surface area (Å²) in [6, 6.07) is 30.5. The topological polar surface area (TPSA) is 26.0 Å². The second-order valence-corrected chi connectivity index (χ2v) is 11.3. The van der Waals surface area contributed by atoms with Gasteiger partial charge in [0, 0.05) is 27.1 Å². The van der Waals surface area contributed by atoms with Gasteiger partial charge in [-0.2, -0.15) is 0 Å². The zero-order chi connectivity index (χ0) is 24.6. The monoisotopic (exact) mass is 593 g/mol. The summed E-state index contributed by atoms with van der Waals surface area (Å²) >= 11 is 7.65. The molecule has 0 saturated heterocycles. The number of nitrogens with zero attached hydrogens (tertiary/aromatic N) is 1. The number of hydrogen-bond donors (Lipinski definition) is 0. The van der Waals surface area contributed by atoms with Crippen molar-refractivity contribution in [2.75, 3.05) is 0 Å². The van der Waals surface area contributed by atoms with E-state index in [0.717, 1.165) is 42.1 Å². The van der Waals surface area contributed by atoms with Crippen LogP contribution in [0.2, 0.25) is 0 Å². The van der Waals surface area contributed by atoms with Crippen LogP contribution in [0.1, 0.15) is 33.5 Å². The van der Waals surface area contributed by atoms with Crippen molar-refractivity contribution in [1.29, 1.82) is 0 Å². The number of aromatic nitrogens is 1. The van der Waals surface area contributed by atoms with Crippen molar-refractivity contribution in [3.05, 3.63) is 134 Å². The SMILES string of the molecule is Cc1ccc(C2(c3ccc(C)nc3)c3ccc(Br)cc3-c3c2cc(Br)c2oc4ccccc4c32)cc1. The molecule has 0 bridgehead atoms. The smallest absolute Gasteiger partial charge is 0.150 e. The van der Waals surface area contributed by atoms with Crippen LogP contribution in [0.3, 0.4) is 0 Å². The zero-order valence-corrected chi connectivity index (χ0v) is 22.9. The van der Waals surface area contributed by atoms with Crippen LogP contribution in [0.4, 0.5) is 0 Å². The molecule has 0 spiro atoms. The van der Waals surface area contributed by atoms with E-state index in [2.05, 4.69) is 112 Å². The number of fused-ring (bicyclic) bond motifs is 7. The van der Waals surface area contributed by atoms with Crippen molar-refractivity contribution in [3.8, 4) is 11.1 Å². The van der Waals surface area contributed by atoms with Crippen LogP contribution in [0.15, 0.2) is 104 Å². The van der Waals surface area contributed by atoms with Crippen LogP contribution in [0.5, 0.6) is 0 Å². The van der Waals surface area contributed by atoms with Crippen LogP contribution in [0, 0.1) is 13.8 Å². The van der Waals surface area contributed by atoms with Gasteiger partial charge in [-0.1, -0.05) is 76.1 Å². The first-order valence-electron chi connectivity index (χ1n) is 11.9. The Morgan fingerprint density at radius 3 is 2.33 bits per heavy atom. The first-order valence-corrected chi connectivity index (χ1v) is 13.5. The molecule has 2 heterocycles. The van der Waals surface area contributed by atoms with E-state index in [1.807, 2.05) is 25.3 Å². The van der Waals surface area contributed by atoms with Crippen molar-refractivity contribution in [1.82, 2.24) is 4.98 Å². The first-order chi connectivity index (χ1) is 17.5. The van der Waals surface area contributed by atoms with E-state index in [1.54, 1.807) is 0 Å². The lowest BCUT2D eigenvalue weighted by atomic mass is 9.68. The molecule has 0 saturated carbocycles.